The summed E-state index contributed by atoms with van der Waals surface area (Å²) in [6, 6.07) is 1.42. The van der Waals surface area contributed by atoms with Crippen molar-refractivity contribution in [3.05, 3.63) is 23.0 Å². The van der Waals surface area contributed by atoms with Gasteiger partial charge >= 0.3 is 0 Å². The van der Waals surface area contributed by atoms with Gasteiger partial charge in [0.2, 0.25) is 5.91 Å². The Morgan fingerprint density at radius 2 is 2.00 bits per heavy atom. The van der Waals surface area contributed by atoms with Crippen LogP contribution in [-0.4, -0.2) is 54.0 Å². The van der Waals surface area contributed by atoms with Gasteiger partial charge in [0.1, 0.15) is 0 Å². The molecule has 2 aromatic heterocycles. The number of alkyl halides is 2. The van der Waals surface area contributed by atoms with Gasteiger partial charge < -0.3 is 9.42 Å². The number of piperidine rings is 1. The van der Waals surface area contributed by atoms with E-state index in [4.69, 9.17) is 4.52 Å². The highest BCUT2D eigenvalue weighted by Gasteiger charge is 2.37. The van der Waals surface area contributed by atoms with Crippen LogP contribution in [0.15, 0.2) is 10.6 Å². The largest absolute Gasteiger partial charge is 0.342 e. The minimum absolute atomic E-state index is 0.0660. The lowest BCUT2D eigenvalue weighted by atomic mass is 9.91. The van der Waals surface area contributed by atoms with Gasteiger partial charge in [0.25, 0.3) is 12.1 Å². The summed E-state index contributed by atoms with van der Waals surface area (Å²) in [6.45, 7) is 2.52. The number of sulfone groups is 1. The summed E-state index contributed by atoms with van der Waals surface area (Å²) < 4.78 is 55.3. The Morgan fingerprint density at radius 3 is 2.61 bits per heavy atom. The molecule has 0 bridgehead atoms. The molecule has 4 rings (SSSR count). The molecule has 4 heterocycles. The van der Waals surface area contributed by atoms with Crippen LogP contribution < -0.4 is 0 Å². The van der Waals surface area contributed by atoms with Gasteiger partial charge in [-0.05, 0) is 32.3 Å². The predicted octanol–water partition coefficient (Wildman–Crippen LogP) is 2.61. The Kier molecular flexibility index (Phi) is 4.84. The van der Waals surface area contributed by atoms with Gasteiger partial charge in [-0.2, -0.15) is 0 Å². The van der Waals surface area contributed by atoms with E-state index >= 15 is 0 Å². The minimum Gasteiger partial charge on any atom is -0.342 e. The Labute approximate surface area is 161 Å². The predicted molar refractivity (Wildman–Crippen MR) is 96.8 cm³/mol. The smallest absolute Gasteiger partial charge is 0.264 e. The van der Waals surface area contributed by atoms with Gasteiger partial charge in [-0.15, -0.1) is 0 Å². The number of aromatic nitrogens is 2. The molecule has 2 aromatic rings. The summed E-state index contributed by atoms with van der Waals surface area (Å²) in [7, 11) is -3.11. The average molecular weight is 413 g/mol. The number of hydrogen-bond donors (Lipinski definition) is 0. The zero-order valence-corrected chi connectivity index (χ0v) is 16.2. The first-order valence-electron chi connectivity index (χ1n) is 9.29. The molecule has 152 valence electrons. The third-order valence-corrected chi connectivity index (χ3v) is 7.48. The molecule has 1 unspecified atom stereocenters. The molecule has 0 aliphatic carbocycles. The molecule has 10 heteroatoms. The van der Waals surface area contributed by atoms with E-state index in [0.717, 1.165) is 0 Å². The number of hydrogen-bond acceptors (Lipinski definition) is 6. The highest BCUT2D eigenvalue weighted by Crippen LogP contribution is 2.35. The van der Waals surface area contributed by atoms with Gasteiger partial charge in [-0.25, -0.2) is 22.2 Å². The Morgan fingerprint density at radius 1 is 1.29 bits per heavy atom. The van der Waals surface area contributed by atoms with E-state index in [0.29, 0.717) is 43.7 Å². The van der Waals surface area contributed by atoms with E-state index in [1.165, 1.54) is 6.07 Å². The molecule has 0 radical (unpaired) electrons. The number of pyridine rings is 1. The normalized spacial score (nSPS) is 23.0. The SMILES string of the molecule is Cc1noc2nc(C3CCN(C(=O)C4CCS(=O)(=O)C4)CC3)cc(C(F)F)c12. The van der Waals surface area contributed by atoms with Crippen molar-refractivity contribution in [3.8, 4) is 0 Å². The van der Waals surface area contributed by atoms with E-state index in [9.17, 15) is 22.0 Å². The summed E-state index contributed by atoms with van der Waals surface area (Å²) in [5.74, 6) is -0.659. The second kappa shape index (κ2) is 7.06. The van der Waals surface area contributed by atoms with Crippen LogP contribution >= 0.6 is 0 Å². The molecule has 1 atom stereocenters. The minimum atomic E-state index is -3.11. The van der Waals surface area contributed by atoms with Crippen LogP contribution in [0.25, 0.3) is 11.1 Å². The number of fused-ring (bicyclic) bond motifs is 1. The van der Waals surface area contributed by atoms with E-state index in [1.54, 1.807) is 11.8 Å². The fourth-order valence-electron chi connectivity index (χ4n) is 4.17. The molecule has 0 saturated carbocycles. The van der Waals surface area contributed by atoms with Crippen molar-refractivity contribution < 1.29 is 26.5 Å². The van der Waals surface area contributed by atoms with E-state index in [2.05, 4.69) is 10.1 Å². The topological polar surface area (TPSA) is 93.4 Å². The lowest BCUT2D eigenvalue weighted by Gasteiger charge is -2.33. The molecule has 0 spiro atoms. The summed E-state index contributed by atoms with van der Waals surface area (Å²) in [5, 5.41) is 4.00. The second-order valence-corrected chi connectivity index (χ2v) is 9.81. The number of carbonyl (C=O) groups is 1. The lowest BCUT2D eigenvalue weighted by Crippen LogP contribution is -2.41. The number of aryl methyl sites for hydroxylation is 1. The standard InChI is InChI=1S/C18H21F2N3O4S/c1-10-15-13(16(19)20)8-14(21-17(15)27-22-10)11-2-5-23(6-3-11)18(24)12-4-7-28(25,26)9-12/h8,11-12,16H,2-7,9H2,1H3. The van der Waals surface area contributed by atoms with Gasteiger partial charge in [0, 0.05) is 30.3 Å². The Bertz CT molecular complexity index is 1010. The summed E-state index contributed by atoms with van der Waals surface area (Å²) in [4.78, 5) is 18.6. The van der Waals surface area contributed by atoms with Crippen molar-refractivity contribution in [3.63, 3.8) is 0 Å². The van der Waals surface area contributed by atoms with Crippen molar-refractivity contribution in [1.82, 2.24) is 15.0 Å². The van der Waals surface area contributed by atoms with Crippen molar-refractivity contribution >= 4 is 26.8 Å². The van der Waals surface area contributed by atoms with E-state index in [-0.39, 0.29) is 40.0 Å². The molecule has 2 saturated heterocycles. The van der Waals surface area contributed by atoms with Crippen LogP contribution in [0.1, 0.15) is 48.6 Å². The van der Waals surface area contributed by atoms with Gasteiger partial charge in [-0.1, -0.05) is 5.16 Å². The quantitative estimate of drug-likeness (QED) is 0.768. The molecular formula is C18H21F2N3O4S. The molecule has 2 aliphatic rings. The molecule has 0 aromatic carbocycles. The number of amides is 1. The van der Waals surface area contributed by atoms with E-state index in [1.807, 2.05) is 0 Å². The second-order valence-electron chi connectivity index (χ2n) is 7.58. The van der Waals surface area contributed by atoms with Crippen molar-refractivity contribution in [2.75, 3.05) is 24.6 Å². The van der Waals surface area contributed by atoms with E-state index < -0.39 is 22.2 Å². The number of nitrogens with zero attached hydrogens (tertiary/aromatic N) is 3. The lowest BCUT2D eigenvalue weighted by molar-refractivity contribution is -0.135. The number of likely N-dealkylation sites (tertiary alicyclic amines) is 1. The maximum absolute atomic E-state index is 13.5. The zero-order chi connectivity index (χ0) is 20.1. The monoisotopic (exact) mass is 413 g/mol. The molecule has 28 heavy (non-hydrogen) atoms. The maximum Gasteiger partial charge on any atom is 0.264 e. The van der Waals surface area contributed by atoms with Crippen LogP contribution in [0.5, 0.6) is 0 Å². The van der Waals surface area contributed by atoms with Crippen molar-refractivity contribution in [2.45, 2.75) is 38.5 Å². The van der Waals surface area contributed by atoms with Crippen molar-refractivity contribution in [2.24, 2.45) is 5.92 Å². The summed E-state index contributed by atoms with van der Waals surface area (Å²) in [6.07, 6.45) is -1.12. The molecule has 1 amide bonds. The third kappa shape index (κ3) is 3.49. The molecule has 7 nitrogen and oxygen atoms in total. The van der Waals surface area contributed by atoms with Crippen LogP contribution in [0.3, 0.4) is 0 Å². The highest BCUT2D eigenvalue weighted by atomic mass is 32.2. The Hall–Kier alpha value is -2.10. The number of halogens is 2. The fraction of sp³-hybridized carbons (Fsp3) is 0.611. The first kappa shape index (κ1) is 19.2. The van der Waals surface area contributed by atoms with Crippen molar-refractivity contribution in [1.29, 1.82) is 0 Å². The van der Waals surface area contributed by atoms with Crippen LogP contribution in [0.2, 0.25) is 0 Å². The first-order chi connectivity index (χ1) is 13.2. The number of carbonyl (C=O) groups excluding carboxylic acids is 1. The van der Waals surface area contributed by atoms with Crippen LogP contribution in [0.4, 0.5) is 8.78 Å². The number of rotatable bonds is 3. The zero-order valence-electron chi connectivity index (χ0n) is 15.4. The van der Waals surface area contributed by atoms with Crippen LogP contribution in [0, 0.1) is 12.8 Å². The van der Waals surface area contributed by atoms with Gasteiger partial charge in [0.05, 0.1) is 28.5 Å². The summed E-state index contributed by atoms with van der Waals surface area (Å²) in [5.41, 5.74) is 0.888. The first-order valence-corrected chi connectivity index (χ1v) is 11.1. The van der Waals surface area contributed by atoms with Gasteiger partial charge in [0.15, 0.2) is 9.84 Å². The molecular weight excluding hydrogens is 392 g/mol. The third-order valence-electron chi connectivity index (χ3n) is 5.71. The summed E-state index contributed by atoms with van der Waals surface area (Å²) >= 11 is 0. The Balaban J connectivity index is 1.49. The molecule has 2 fully saturated rings. The molecule has 0 N–H and O–H groups in total. The van der Waals surface area contributed by atoms with Gasteiger partial charge in [-0.3, -0.25) is 4.79 Å². The molecule has 2 aliphatic heterocycles. The fourth-order valence-corrected chi connectivity index (χ4v) is 5.90. The average Bonchev–Trinajstić information content (AvgIpc) is 3.22. The highest BCUT2D eigenvalue weighted by molar-refractivity contribution is 7.91. The maximum atomic E-state index is 13.5. The van der Waals surface area contributed by atoms with Crippen LogP contribution in [-0.2, 0) is 14.6 Å².